The molecule has 0 saturated carbocycles. The Labute approximate surface area is 113 Å². The van der Waals surface area contributed by atoms with Crippen molar-refractivity contribution in [3.05, 3.63) is 36.0 Å². The van der Waals surface area contributed by atoms with Gasteiger partial charge in [0.25, 0.3) is 0 Å². The van der Waals surface area contributed by atoms with Crippen molar-refractivity contribution in [3.8, 4) is 0 Å². The standard InChI is InChI=1S/C14H20N4O/c1-3-5-12-17-13(15-2)10-14(18-12)16-8-7-11-6-4-9-19-11/h4,6,9-10H,3,5,7-8H2,1-2H3,(H2,15,16,17,18). The fourth-order valence-corrected chi connectivity index (χ4v) is 1.82. The molecular weight excluding hydrogens is 240 g/mol. The molecule has 2 aromatic heterocycles. The summed E-state index contributed by atoms with van der Waals surface area (Å²) in [5.41, 5.74) is 0. The third kappa shape index (κ3) is 3.98. The van der Waals surface area contributed by atoms with E-state index in [1.807, 2.05) is 25.2 Å². The van der Waals surface area contributed by atoms with Gasteiger partial charge >= 0.3 is 0 Å². The lowest BCUT2D eigenvalue weighted by Crippen LogP contribution is -2.09. The van der Waals surface area contributed by atoms with Crippen LogP contribution in [-0.2, 0) is 12.8 Å². The molecule has 0 aliphatic heterocycles. The van der Waals surface area contributed by atoms with Gasteiger partial charge in [-0.1, -0.05) is 6.92 Å². The molecule has 0 fully saturated rings. The van der Waals surface area contributed by atoms with Gasteiger partial charge in [-0.05, 0) is 18.6 Å². The van der Waals surface area contributed by atoms with E-state index in [4.69, 9.17) is 4.42 Å². The number of anilines is 2. The number of hydrogen-bond donors (Lipinski definition) is 2. The average molecular weight is 260 g/mol. The minimum absolute atomic E-state index is 0.791. The van der Waals surface area contributed by atoms with Crippen LogP contribution in [0.5, 0.6) is 0 Å². The summed E-state index contributed by atoms with van der Waals surface area (Å²) in [7, 11) is 1.87. The molecule has 0 radical (unpaired) electrons. The van der Waals surface area contributed by atoms with Crippen LogP contribution in [0, 0.1) is 0 Å². The van der Waals surface area contributed by atoms with Crippen LogP contribution >= 0.6 is 0 Å². The van der Waals surface area contributed by atoms with Crippen molar-refractivity contribution in [3.63, 3.8) is 0 Å². The van der Waals surface area contributed by atoms with Crippen LogP contribution < -0.4 is 10.6 Å². The molecular formula is C14H20N4O. The molecule has 2 rings (SSSR count). The van der Waals surface area contributed by atoms with Crippen LogP contribution in [-0.4, -0.2) is 23.6 Å². The molecule has 0 aromatic carbocycles. The molecule has 0 atom stereocenters. The summed E-state index contributed by atoms with van der Waals surface area (Å²) in [5, 5.41) is 6.37. The van der Waals surface area contributed by atoms with E-state index in [9.17, 15) is 0 Å². The highest BCUT2D eigenvalue weighted by molar-refractivity contribution is 5.47. The highest BCUT2D eigenvalue weighted by Crippen LogP contribution is 2.12. The lowest BCUT2D eigenvalue weighted by Gasteiger charge is -2.09. The van der Waals surface area contributed by atoms with Crippen molar-refractivity contribution in [1.29, 1.82) is 0 Å². The Kier molecular flexibility index (Phi) is 4.78. The second kappa shape index (κ2) is 6.78. The summed E-state index contributed by atoms with van der Waals surface area (Å²) < 4.78 is 5.29. The molecule has 0 unspecified atom stereocenters. The van der Waals surface area contributed by atoms with E-state index in [2.05, 4.69) is 27.5 Å². The van der Waals surface area contributed by atoms with Crippen molar-refractivity contribution in [2.45, 2.75) is 26.2 Å². The fourth-order valence-electron chi connectivity index (χ4n) is 1.82. The van der Waals surface area contributed by atoms with E-state index in [0.717, 1.165) is 49.0 Å². The molecule has 0 amide bonds. The van der Waals surface area contributed by atoms with Gasteiger partial charge in [0, 0.05) is 32.5 Å². The number of aromatic nitrogens is 2. The first-order valence-electron chi connectivity index (χ1n) is 6.63. The molecule has 0 spiro atoms. The van der Waals surface area contributed by atoms with Crippen LogP contribution in [0.25, 0.3) is 0 Å². The molecule has 19 heavy (non-hydrogen) atoms. The molecule has 0 saturated heterocycles. The third-order valence-electron chi connectivity index (χ3n) is 2.76. The Morgan fingerprint density at radius 2 is 2.05 bits per heavy atom. The van der Waals surface area contributed by atoms with E-state index < -0.39 is 0 Å². The summed E-state index contributed by atoms with van der Waals surface area (Å²) >= 11 is 0. The van der Waals surface area contributed by atoms with Crippen LogP contribution in [0.4, 0.5) is 11.6 Å². The number of rotatable bonds is 7. The highest BCUT2D eigenvalue weighted by atomic mass is 16.3. The molecule has 2 aromatic rings. The predicted molar refractivity (Wildman–Crippen MR) is 76.5 cm³/mol. The van der Waals surface area contributed by atoms with Gasteiger partial charge in [-0.3, -0.25) is 0 Å². The largest absolute Gasteiger partial charge is 0.469 e. The zero-order valence-corrected chi connectivity index (χ0v) is 11.4. The molecule has 102 valence electrons. The van der Waals surface area contributed by atoms with Crippen molar-refractivity contribution >= 4 is 11.6 Å². The normalized spacial score (nSPS) is 10.4. The van der Waals surface area contributed by atoms with E-state index >= 15 is 0 Å². The highest BCUT2D eigenvalue weighted by Gasteiger charge is 2.03. The van der Waals surface area contributed by atoms with Crippen LogP contribution in [0.1, 0.15) is 24.9 Å². The van der Waals surface area contributed by atoms with Crippen LogP contribution in [0.3, 0.4) is 0 Å². The Hall–Kier alpha value is -2.04. The van der Waals surface area contributed by atoms with Gasteiger partial charge in [0.05, 0.1) is 6.26 Å². The summed E-state index contributed by atoms with van der Waals surface area (Å²) in [6.45, 7) is 2.92. The number of aryl methyl sites for hydroxylation is 1. The molecule has 2 heterocycles. The Balaban J connectivity index is 1.96. The fraction of sp³-hybridized carbons (Fsp3) is 0.429. The maximum absolute atomic E-state index is 5.29. The number of nitrogens with zero attached hydrogens (tertiary/aromatic N) is 2. The van der Waals surface area contributed by atoms with Gasteiger partial charge in [0.2, 0.25) is 0 Å². The predicted octanol–water partition coefficient (Wildman–Crippen LogP) is 2.72. The first kappa shape index (κ1) is 13.4. The van der Waals surface area contributed by atoms with Gasteiger partial charge in [0.1, 0.15) is 23.2 Å². The molecule has 5 nitrogen and oxygen atoms in total. The lowest BCUT2D eigenvalue weighted by molar-refractivity contribution is 0.513. The van der Waals surface area contributed by atoms with Crippen molar-refractivity contribution in [2.75, 3.05) is 24.2 Å². The summed E-state index contributed by atoms with van der Waals surface area (Å²) in [5.74, 6) is 3.55. The Bertz CT molecular complexity index is 496. The van der Waals surface area contributed by atoms with E-state index in [0.29, 0.717) is 0 Å². The topological polar surface area (TPSA) is 63.0 Å². The minimum atomic E-state index is 0.791. The smallest absolute Gasteiger partial charge is 0.133 e. The zero-order valence-electron chi connectivity index (χ0n) is 11.4. The van der Waals surface area contributed by atoms with Crippen molar-refractivity contribution in [2.24, 2.45) is 0 Å². The molecule has 2 N–H and O–H groups in total. The Morgan fingerprint density at radius 3 is 2.74 bits per heavy atom. The molecule has 5 heteroatoms. The number of nitrogens with one attached hydrogen (secondary N) is 2. The SMILES string of the molecule is CCCc1nc(NC)cc(NCCc2ccco2)n1. The van der Waals surface area contributed by atoms with E-state index in [-0.39, 0.29) is 0 Å². The Morgan fingerprint density at radius 1 is 1.21 bits per heavy atom. The van der Waals surface area contributed by atoms with Gasteiger partial charge in [0.15, 0.2) is 0 Å². The number of furan rings is 1. The van der Waals surface area contributed by atoms with Crippen LogP contribution in [0.2, 0.25) is 0 Å². The van der Waals surface area contributed by atoms with E-state index in [1.54, 1.807) is 6.26 Å². The first-order chi connectivity index (χ1) is 9.31. The second-order valence-corrected chi connectivity index (χ2v) is 4.31. The number of hydrogen-bond acceptors (Lipinski definition) is 5. The summed E-state index contributed by atoms with van der Waals surface area (Å²) in [6, 6.07) is 5.79. The van der Waals surface area contributed by atoms with Gasteiger partial charge in [-0.2, -0.15) is 0 Å². The molecule has 0 aliphatic carbocycles. The monoisotopic (exact) mass is 260 g/mol. The maximum Gasteiger partial charge on any atom is 0.133 e. The third-order valence-corrected chi connectivity index (χ3v) is 2.76. The summed E-state index contributed by atoms with van der Waals surface area (Å²) in [4.78, 5) is 8.92. The van der Waals surface area contributed by atoms with Gasteiger partial charge in [-0.25, -0.2) is 9.97 Å². The van der Waals surface area contributed by atoms with E-state index in [1.165, 1.54) is 0 Å². The minimum Gasteiger partial charge on any atom is -0.469 e. The zero-order chi connectivity index (χ0) is 13.5. The average Bonchev–Trinajstić information content (AvgIpc) is 2.92. The first-order valence-corrected chi connectivity index (χ1v) is 6.63. The van der Waals surface area contributed by atoms with Crippen LogP contribution in [0.15, 0.2) is 28.9 Å². The van der Waals surface area contributed by atoms with Crippen molar-refractivity contribution < 1.29 is 4.42 Å². The second-order valence-electron chi connectivity index (χ2n) is 4.31. The van der Waals surface area contributed by atoms with Gasteiger partial charge < -0.3 is 15.1 Å². The lowest BCUT2D eigenvalue weighted by atomic mass is 10.3. The van der Waals surface area contributed by atoms with Gasteiger partial charge in [-0.15, -0.1) is 0 Å². The quantitative estimate of drug-likeness (QED) is 0.801. The molecule has 0 bridgehead atoms. The maximum atomic E-state index is 5.29. The molecule has 0 aliphatic rings. The summed E-state index contributed by atoms with van der Waals surface area (Å²) in [6.07, 6.45) is 4.47. The van der Waals surface area contributed by atoms with Crippen molar-refractivity contribution in [1.82, 2.24) is 9.97 Å².